The summed E-state index contributed by atoms with van der Waals surface area (Å²) in [4.78, 5) is 27.4. The Morgan fingerprint density at radius 1 is 1.14 bits per heavy atom. The van der Waals surface area contributed by atoms with Gasteiger partial charge < -0.3 is 13.8 Å². The van der Waals surface area contributed by atoms with Crippen LogP contribution in [0.25, 0.3) is 0 Å². The van der Waals surface area contributed by atoms with E-state index in [9.17, 15) is 14.2 Å². The predicted molar refractivity (Wildman–Crippen MR) is 80.1 cm³/mol. The third-order valence-corrected chi connectivity index (χ3v) is 4.11. The first-order valence-corrected chi connectivity index (χ1v) is 8.34. The third-order valence-electron chi connectivity index (χ3n) is 2.32. The molecule has 0 rings (SSSR count). The van der Waals surface area contributed by atoms with E-state index in [1.807, 2.05) is 6.92 Å². The van der Waals surface area contributed by atoms with Crippen molar-refractivity contribution in [3.63, 3.8) is 0 Å². The van der Waals surface area contributed by atoms with Crippen molar-refractivity contribution in [3.8, 4) is 0 Å². The average Bonchev–Trinajstić information content (AvgIpc) is 2.35. The SMILES string of the molecule is CCCC(=NC(=O)OC(C)(C)C)C(=O)CP(=O)(OC)OC. The molecule has 0 aromatic rings. The number of nitrogens with zero attached hydrogens (tertiary/aromatic N) is 1. The Kier molecular flexibility index (Phi) is 8.00. The van der Waals surface area contributed by atoms with E-state index in [1.165, 1.54) is 14.2 Å². The Hall–Kier alpha value is -1.04. The van der Waals surface area contributed by atoms with Gasteiger partial charge in [-0.1, -0.05) is 13.3 Å². The largest absolute Gasteiger partial charge is 0.442 e. The van der Waals surface area contributed by atoms with Crippen molar-refractivity contribution in [1.82, 2.24) is 0 Å². The fourth-order valence-electron chi connectivity index (χ4n) is 1.36. The molecule has 0 aliphatic carbocycles. The molecule has 0 saturated heterocycles. The first kappa shape index (κ1) is 20.0. The van der Waals surface area contributed by atoms with E-state index in [2.05, 4.69) is 4.99 Å². The number of ether oxygens (including phenoxy) is 1. The molecular formula is C13H24NO6P. The van der Waals surface area contributed by atoms with Gasteiger partial charge in [0.2, 0.25) is 0 Å². The van der Waals surface area contributed by atoms with E-state index in [0.29, 0.717) is 6.42 Å². The lowest BCUT2D eigenvalue weighted by Crippen LogP contribution is -2.25. The Labute approximate surface area is 125 Å². The Morgan fingerprint density at radius 3 is 2.05 bits per heavy atom. The van der Waals surface area contributed by atoms with Crippen molar-refractivity contribution >= 4 is 25.2 Å². The zero-order chi connectivity index (χ0) is 16.7. The van der Waals surface area contributed by atoms with Gasteiger partial charge in [-0.05, 0) is 27.2 Å². The molecule has 0 saturated carbocycles. The summed E-state index contributed by atoms with van der Waals surface area (Å²) in [5.74, 6) is -0.547. The van der Waals surface area contributed by atoms with Crippen molar-refractivity contribution < 1.29 is 27.9 Å². The number of hydrogen-bond acceptors (Lipinski definition) is 6. The molecule has 122 valence electrons. The lowest BCUT2D eigenvalue weighted by Gasteiger charge is -2.18. The van der Waals surface area contributed by atoms with Crippen LogP contribution in [-0.2, 0) is 23.1 Å². The number of amides is 1. The van der Waals surface area contributed by atoms with E-state index < -0.39 is 31.2 Å². The molecular weight excluding hydrogens is 297 g/mol. The average molecular weight is 321 g/mol. The predicted octanol–water partition coefficient (Wildman–Crippen LogP) is 3.22. The van der Waals surface area contributed by atoms with E-state index in [0.717, 1.165) is 0 Å². The summed E-state index contributed by atoms with van der Waals surface area (Å²) in [5.41, 5.74) is -0.684. The fourth-order valence-corrected chi connectivity index (χ4v) is 2.30. The normalized spacial score (nSPS) is 13.1. The molecule has 1 amide bonds. The second-order valence-electron chi connectivity index (χ2n) is 5.35. The molecule has 0 aliphatic rings. The van der Waals surface area contributed by atoms with Gasteiger partial charge in [0.15, 0.2) is 5.78 Å². The van der Waals surface area contributed by atoms with Crippen LogP contribution in [-0.4, -0.2) is 43.6 Å². The third kappa shape index (κ3) is 8.09. The minimum absolute atomic E-state index is 0.0149. The number of rotatable bonds is 7. The molecule has 0 aliphatic heterocycles. The standard InChI is InChI=1S/C13H24NO6P/c1-7-8-10(14-12(16)20-13(2,3)4)11(15)9-21(17,18-5)19-6/h7-9H2,1-6H3. The van der Waals surface area contributed by atoms with Gasteiger partial charge >= 0.3 is 13.7 Å². The molecule has 0 bridgehead atoms. The number of hydrogen-bond donors (Lipinski definition) is 0. The van der Waals surface area contributed by atoms with Gasteiger partial charge in [0.1, 0.15) is 11.8 Å². The minimum atomic E-state index is -3.48. The molecule has 21 heavy (non-hydrogen) atoms. The molecule has 0 unspecified atom stereocenters. The van der Waals surface area contributed by atoms with Crippen LogP contribution in [0, 0.1) is 0 Å². The van der Waals surface area contributed by atoms with E-state index in [-0.39, 0.29) is 12.1 Å². The first-order chi connectivity index (χ1) is 9.56. The van der Waals surface area contributed by atoms with Crippen LogP contribution in [0.2, 0.25) is 0 Å². The van der Waals surface area contributed by atoms with Gasteiger partial charge in [0.05, 0.1) is 5.71 Å². The van der Waals surface area contributed by atoms with Crippen LogP contribution in [0.4, 0.5) is 4.79 Å². The number of ketones is 1. The van der Waals surface area contributed by atoms with Gasteiger partial charge in [-0.15, -0.1) is 0 Å². The van der Waals surface area contributed by atoms with Crippen molar-refractivity contribution in [2.45, 2.75) is 46.1 Å². The van der Waals surface area contributed by atoms with Crippen LogP contribution < -0.4 is 0 Å². The van der Waals surface area contributed by atoms with Crippen LogP contribution >= 0.6 is 7.60 Å². The van der Waals surface area contributed by atoms with Gasteiger partial charge in [0, 0.05) is 14.2 Å². The zero-order valence-corrected chi connectivity index (χ0v) is 14.4. The van der Waals surface area contributed by atoms with Gasteiger partial charge in [-0.2, -0.15) is 4.99 Å². The zero-order valence-electron chi connectivity index (χ0n) is 13.5. The Morgan fingerprint density at radius 2 is 1.67 bits per heavy atom. The molecule has 0 fully saturated rings. The summed E-state index contributed by atoms with van der Waals surface area (Å²) in [5, 5.41) is 0. The molecule has 0 atom stereocenters. The molecule has 7 nitrogen and oxygen atoms in total. The quantitative estimate of drug-likeness (QED) is 0.528. The molecule has 0 N–H and O–H groups in total. The van der Waals surface area contributed by atoms with Crippen molar-refractivity contribution in [1.29, 1.82) is 0 Å². The molecule has 0 heterocycles. The van der Waals surface area contributed by atoms with Crippen molar-refractivity contribution in [2.24, 2.45) is 4.99 Å². The summed E-state index contributed by atoms with van der Waals surface area (Å²) in [6.45, 7) is 6.94. The van der Waals surface area contributed by atoms with Gasteiger partial charge in [0.25, 0.3) is 0 Å². The van der Waals surface area contributed by atoms with Crippen molar-refractivity contribution in [3.05, 3.63) is 0 Å². The molecule has 0 spiro atoms. The summed E-state index contributed by atoms with van der Waals surface area (Å²) in [6.07, 6.45) is -0.408. The van der Waals surface area contributed by atoms with Crippen LogP contribution in [0.5, 0.6) is 0 Å². The fraction of sp³-hybridized carbons (Fsp3) is 0.769. The first-order valence-electron chi connectivity index (χ1n) is 6.61. The van der Waals surface area contributed by atoms with E-state index >= 15 is 0 Å². The minimum Gasteiger partial charge on any atom is -0.442 e. The van der Waals surface area contributed by atoms with Crippen molar-refractivity contribution in [2.75, 3.05) is 20.4 Å². The maximum atomic E-state index is 12.1. The molecule has 8 heteroatoms. The maximum absolute atomic E-state index is 12.1. The van der Waals surface area contributed by atoms with Crippen LogP contribution in [0.1, 0.15) is 40.5 Å². The Balaban J connectivity index is 5.09. The van der Waals surface area contributed by atoms with Crippen LogP contribution in [0.15, 0.2) is 4.99 Å². The second kappa shape index (κ2) is 8.41. The number of carbonyl (C=O) groups is 2. The molecule has 0 radical (unpaired) electrons. The molecule has 0 aromatic carbocycles. The topological polar surface area (TPSA) is 91.3 Å². The highest BCUT2D eigenvalue weighted by Gasteiger charge is 2.28. The monoisotopic (exact) mass is 321 g/mol. The van der Waals surface area contributed by atoms with Gasteiger partial charge in [-0.25, -0.2) is 4.79 Å². The summed E-state index contributed by atoms with van der Waals surface area (Å²) < 4.78 is 26.4. The van der Waals surface area contributed by atoms with Gasteiger partial charge in [-0.3, -0.25) is 9.36 Å². The number of carbonyl (C=O) groups excluding carboxylic acids is 2. The lowest BCUT2D eigenvalue weighted by molar-refractivity contribution is -0.111. The van der Waals surface area contributed by atoms with E-state index in [4.69, 9.17) is 13.8 Å². The summed E-state index contributed by atoms with van der Waals surface area (Å²) in [7, 11) is -1.09. The van der Waals surface area contributed by atoms with E-state index in [1.54, 1.807) is 20.8 Å². The summed E-state index contributed by atoms with van der Waals surface area (Å²) >= 11 is 0. The highest BCUT2D eigenvalue weighted by atomic mass is 31.2. The molecule has 0 aromatic heterocycles. The van der Waals surface area contributed by atoms with Crippen LogP contribution in [0.3, 0.4) is 0 Å². The highest BCUT2D eigenvalue weighted by Crippen LogP contribution is 2.46. The Bertz CT molecular complexity index is 444. The number of aliphatic imine (C=N–C) groups is 1. The second-order valence-corrected chi connectivity index (χ2v) is 7.61. The highest BCUT2D eigenvalue weighted by molar-refractivity contribution is 7.55. The summed E-state index contributed by atoms with van der Waals surface area (Å²) in [6, 6.07) is 0. The number of Topliss-reactive ketones (excluding diaryl/α,β-unsaturated/α-hetero) is 1. The lowest BCUT2D eigenvalue weighted by atomic mass is 10.1. The smallest absolute Gasteiger partial charge is 0.434 e. The maximum Gasteiger partial charge on any atom is 0.434 e.